The third kappa shape index (κ3) is 4.19. The number of rotatable bonds is 7. The van der Waals surface area contributed by atoms with E-state index in [1.807, 2.05) is 53.9 Å². The number of carbonyl (C=O) groups is 2. The first-order valence-electron chi connectivity index (χ1n) is 10.0. The zero-order valence-electron chi connectivity index (χ0n) is 17.4. The number of carbonyl (C=O) groups excluding carboxylic acids is 2. The summed E-state index contributed by atoms with van der Waals surface area (Å²) in [6.07, 6.45) is 0. The average Bonchev–Trinajstić information content (AvgIpc) is 3.33. The first-order valence-corrected chi connectivity index (χ1v) is 10.9. The summed E-state index contributed by atoms with van der Waals surface area (Å²) in [6.45, 7) is 0.787. The van der Waals surface area contributed by atoms with Gasteiger partial charge >= 0.3 is 0 Å². The van der Waals surface area contributed by atoms with Gasteiger partial charge in [0.2, 0.25) is 5.91 Å². The number of anilines is 1. The van der Waals surface area contributed by atoms with Gasteiger partial charge in [0.15, 0.2) is 0 Å². The molecule has 2 amide bonds. The van der Waals surface area contributed by atoms with Crippen molar-refractivity contribution in [2.45, 2.75) is 12.0 Å². The highest BCUT2D eigenvalue weighted by Gasteiger charge is 2.44. The van der Waals surface area contributed by atoms with Crippen LogP contribution >= 0.6 is 11.3 Å². The number of hydrogen-bond acceptors (Lipinski definition) is 5. The third-order valence-corrected chi connectivity index (χ3v) is 6.37. The molecule has 0 aliphatic carbocycles. The van der Waals surface area contributed by atoms with Crippen LogP contribution in [0, 0.1) is 0 Å². The van der Waals surface area contributed by atoms with Crippen molar-refractivity contribution >= 4 is 28.8 Å². The normalized spacial score (nSPS) is 17.9. The van der Waals surface area contributed by atoms with Crippen LogP contribution in [0.25, 0.3) is 0 Å². The van der Waals surface area contributed by atoms with Gasteiger partial charge in [-0.3, -0.25) is 9.59 Å². The Morgan fingerprint density at radius 3 is 2.68 bits per heavy atom. The number of nitrogens with one attached hydrogen (secondary N) is 1. The maximum atomic E-state index is 13.6. The molecule has 0 saturated heterocycles. The number of amides is 2. The van der Waals surface area contributed by atoms with Gasteiger partial charge in [-0.15, -0.1) is 11.3 Å². The Kier molecular flexibility index (Phi) is 6.34. The molecule has 2 heterocycles. The zero-order valence-corrected chi connectivity index (χ0v) is 18.2. The Bertz CT molecular complexity index is 1070. The number of thiophene rings is 1. The topological polar surface area (TPSA) is 67.9 Å². The van der Waals surface area contributed by atoms with Gasteiger partial charge in [-0.2, -0.15) is 0 Å². The predicted octanol–water partition coefficient (Wildman–Crippen LogP) is 4.32. The van der Waals surface area contributed by atoms with Crippen LogP contribution in [0.2, 0.25) is 0 Å². The lowest BCUT2D eigenvalue weighted by molar-refractivity contribution is -0.119. The predicted molar refractivity (Wildman–Crippen MR) is 121 cm³/mol. The molecule has 0 bridgehead atoms. The van der Waals surface area contributed by atoms with E-state index in [2.05, 4.69) is 5.32 Å². The summed E-state index contributed by atoms with van der Waals surface area (Å²) < 4.78 is 10.5. The monoisotopic (exact) mass is 436 g/mol. The van der Waals surface area contributed by atoms with Crippen LogP contribution in [0.5, 0.6) is 5.75 Å². The van der Waals surface area contributed by atoms with Crippen LogP contribution in [0.1, 0.15) is 32.8 Å². The molecular formula is C24H24N2O4S. The molecule has 1 aliphatic rings. The molecule has 160 valence electrons. The Hall–Kier alpha value is -3.16. The molecule has 0 spiro atoms. The van der Waals surface area contributed by atoms with Gasteiger partial charge in [-0.1, -0.05) is 30.3 Å². The van der Waals surface area contributed by atoms with E-state index < -0.39 is 12.0 Å². The summed E-state index contributed by atoms with van der Waals surface area (Å²) in [7, 11) is 3.19. The number of benzene rings is 2. The maximum Gasteiger partial charge on any atom is 0.254 e. The molecule has 7 heteroatoms. The lowest BCUT2D eigenvalue weighted by Gasteiger charge is -2.41. The van der Waals surface area contributed by atoms with E-state index >= 15 is 0 Å². The van der Waals surface area contributed by atoms with E-state index in [-0.39, 0.29) is 11.8 Å². The lowest BCUT2D eigenvalue weighted by Crippen LogP contribution is -2.47. The van der Waals surface area contributed by atoms with Gasteiger partial charge in [-0.05, 0) is 35.2 Å². The van der Waals surface area contributed by atoms with Crippen LogP contribution < -0.4 is 10.1 Å². The van der Waals surface area contributed by atoms with Crippen molar-refractivity contribution in [3.63, 3.8) is 0 Å². The van der Waals surface area contributed by atoms with E-state index in [0.29, 0.717) is 30.2 Å². The van der Waals surface area contributed by atoms with Crippen LogP contribution in [0.3, 0.4) is 0 Å². The van der Waals surface area contributed by atoms with E-state index in [1.165, 1.54) is 0 Å². The van der Waals surface area contributed by atoms with E-state index in [9.17, 15) is 9.59 Å². The third-order valence-electron chi connectivity index (χ3n) is 5.43. The molecule has 0 unspecified atom stereocenters. The number of methoxy groups -OCH3 is 2. The van der Waals surface area contributed by atoms with Crippen molar-refractivity contribution < 1.29 is 19.1 Å². The van der Waals surface area contributed by atoms with Crippen LogP contribution in [-0.2, 0) is 9.53 Å². The summed E-state index contributed by atoms with van der Waals surface area (Å²) in [4.78, 5) is 29.7. The summed E-state index contributed by atoms with van der Waals surface area (Å²) in [6, 6.07) is 18.1. The smallest absolute Gasteiger partial charge is 0.254 e. The standard InChI is InChI=1S/C24H24N2O4S/c1-29-13-12-26-22(20-11-6-14-31-20)21(18-9-3-4-10-19(18)24(26)28)23(27)25-16-7-5-8-17(15-16)30-2/h3-11,14-15,21-22H,12-13H2,1-2H3,(H,25,27)/t21-,22-/m0/s1. The Morgan fingerprint density at radius 2 is 1.94 bits per heavy atom. The quantitative estimate of drug-likeness (QED) is 0.599. The van der Waals surface area contributed by atoms with Crippen molar-refractivity contribution in [3.8, 4) is 5.75 Å². The minimum atomic E-state index is -0.560. The van der Waals surface area contributed by atoms with Crippen molar-refractivity contribution in [1.29, 1.82) is 0 Å². The fraction of sp³-hybridized carbons (Fsp3) is 0.250. The lowest BCUT2D eigenvalue weighted by atomic mass is 9.81. The molecule has 0 saturated carbocycles. The van der Waals surface area contributed by atoms with Crippen molar-refractivity contribution in [1.82, 2.24) is 4.90 Å². The molecule has 3 aromatic rings. The highest BCUT2D eigenvalue weighted by molar-refractivity contribution is 7.10. The maximum absolute atomic E-state index is 13.6. The van der Waals surface area contributed by atoms with E-state index in [0.717, 1.165) is 10.4 Å². The minimum Gasteiger partial charge on any atom is -0.497 e. The van der Waals surface area contributed by atoms with E-state index in [1.54, 1.807) is 42.6 Å². The van der Waals surface area contributed by atoms with Crippen LogP contribution in [0.15, 0.2) is 66.0 Å². The molecule has 1 N–H and O–H groups in total. The van der Waals surface area contributed by atoms with Crippen molar-refractivity contribution in [2.24, 2.45) is 0 Å². The Morgan fingerprint density at radius 1 is 1.10 bits per heavy atom. The molecule has 0 fully saturated rings. The van der Waals surface area contributed by atoms with Gasteiger partial charge in [0.1, 0.15) is 5.75 Å². The van der Waals surface area contributed by atoms with Gasteiger partial charge < -0.3 is 19.7 Å². The minimum absolute atomic E-state index is 0.0866. The van der Waals surface area contributed by atoms with Crippen molar-refractivity contribution in [3.05, 3.63) is 82.0 Å². The first kappa shape index (κ1) is 21.1. The fourth-order valence-electron chi connectivity index (χ4n) is 4.01. The second-order valence-corrected chi connectivity index (χ2v) is 8.22. The number of ether oxygens (including phenoxy) is 2. The molecule has 2 aromatic carbocycles. The largest absolute Gasteiger partial charge is 0.497 e. The SMILES string of the molecule is COCCN1C(=O)c2ccccc2[C@H](C(=O)Nc2cccc(OC)c2)[C@@H]1c1cccs1. The molecule has 1 aliphatic heterocycles. The molecule has 1 aromatic heterocycles. The second kappa shape index (κ2) is 9.32. The van der Waals surface area contributed by atoms with Crippen LogP contribution in [-0.4, -0.2) is 44.1 Å². The Labute approximate surface area is 185 Å². The Balaban J connectivity index is 1.78. The van der Waals surface area contributed by atoms with Gasteiger partial charge in [0, 0.05) is 35.8 Å². The van der Waals surface area contributed by atoms with Gasteiger partial charge in [0.05, 0.1) is 25.7 Å². The summed E-state index contributed by atoms with van der Waals surface area (Å²) in [5, 5.41) is 4.99. The van der Waals surface area contributed by atoms with E-state index in [4.69, 9.17) is 9.47 Å². The second-order valence-electron chi connectivity index (χ2n) is 7.24. The molecular weight excluding hydrogens is 412 g/mol. The molecule has 31 heavy (non-hydrogen) atoms. The highest BCUT2D eigenvalue weighted by atomic mass is 32.1. The van der Waals surface area contributed by atoms with Crippen molar-refractivity contribution in [2.75, 3.05) is 32.7 Å². The summed E-state index contributed by atoms with van der Waals surface area (Å²) >= 11 is 1.54. The van der Waals surface area contributed by atoms with Crippen LogP contribution in [0.4, 0.5) is 5.69 Å². The number of fused-ring (bicyclic) bond motifs is 1. The first-order chi connectivity index (χ1) is 15.1. The highest BCUT2D eigenvalue weighted by Crippen LogP contribution is 2.44. The number of nitrogens with zero attached hydrogens (tertiary/aromatic N) is 1. The molecule has 2 atom stereocenters. The molecule has 4 rings (SSSR count). The van der Waals surface area contributed by atoms with Gasteiger partial charge in [0.25, 0.3) is 5.91 Å². The van der Waals surface area contributed by atoms with Gasteiger partial charge in [-0.25, -0.2) is 0 Å². The molecule has 0 radical (unpaired) electrons. The summed E-state index contributed by atoms with van der Waals surface area (Å²) in [5.41, 5.74) is 1.93. The fourth-order valence-corrected chi connectivity index (χ4v) is 4.88. The average molecular weight is 437 g/mol. The number of hydrogen-bond donors (Lipinski definition) is 1. The molecule has 6 nitrogen and oxygen atoms in total. The summed E-state index contributed by atoms with van der Waals surface area (Å²) in [5.74, 6) is -0.158. The zero-order chi connectivity index (χ0) is 21.8.